The van der Waals surface area contributed by atoms with Crippen molar-refractivity contribution in [2.75, 3.05) is 13.7 Å². The quantitative estimate of drug-likeness (QED) is 0.767. The largest absolute Gasteiger partial charge is 0.466 e. The van der Waals surface area contributed by atoms with Crippen LogP contribution in [-0.2, 0) is 16.0 Å². The molecule has 0 bridgehead atoms. The van der Waals surface area contributed by atoms with E-state index in [-0.39, 0.29) is 12.0 Å². The Morgan fingerprint density at radius 3 is 2.53 bits per heavy atom. The molecule has 1 aromatic carbocycles. The minimum absolute atomic E-state index is 0.136. The molecule has 0 aliphatic heterocycles. The molecular formula is C14H21NO2. The van der Waals surface area contributed by atoms with Crippen molar-refractivity contribution in [3.05, 3.63) is 35.4 Å². The third kappa shape index (κ3) is 5.00. The lowest BCUT2D eigenvalue weighted by molar-refractivity contribution is -0.143. The Bertz CT molecular complexity index is 346. The monoisotopic (exact) mass is 235 g/mol. The third-order valence-electron chi connectivity index (χ3n) is 2.73. The summed E-state index contributed by atoms with van der Waals surface area (Å²) in [6.45, 7) is 4.34. The molecule has 3 heteroatoms. The Morgan fingerprint density at radius 1 is 1.35 bits per heavy atom. The van der Waals surface area contributed by atoms with Gasteiger partial charge in [0.2, 0.25) is 0 Å². The molecule has 0 radical (unpaired) electrons. The standard InChI is InChI=1S/C14H21NO2/c1-4-17-14(16)10-13(15-3)9-12-7-5-11(2)6-8-12/h5-8,13,15H,4,9-10H2,1-3H3. The first-order chi connectivity index (χ1) is 8.15. The van der Waals surface area contributed by atoms with Crippen LogP contribution in [0.4, 0.5) is 0 Å². The predicted octanol–water partition coefficient (Wildman–Crippen LogP) is 2.08. The molecule has 0 fully saturated rings. The van der Waals surface area contributed by atoms with E-state index in [1.807, 2.05) is 14.0 Å². The molecule has 0 heterocycles. The minimum atomic E-state index is -0.140. The summed E-state index contributed by atoms with van der Waals surface area (Å²) in [5, 5.41) is 3.15. The van der Waals surface area contributed by atoms with Crippen molar-refractivity contribution in [2.45, 2.75) is 32.7 Å². The molecule has 1 rings (SSSR count). The van der Waals surface area contributed by atoms with Gasteiger partial charge >= 0.3 is 5.97 Å². The van der Waals surface area contributed by atoms with Gasteiger partial charge in [0.1, 0.15) is 0 Å². The van der Waals surface area contributed by atoms with Crippen LogP contribution in [0.1, 0.15) is 24.5 Å². The van der Waals surface area contributed by atoms with Gasteiger partial charge in [0.15, 0.2) is 0 Å². The normalized spacial score (nSPS) is 12.2. The molecule has 0 spiro atoms. The van der Waals surface area contributed by atoms with E-state index in [2.05, 4.69) is 36.5 Å². The van der Waals surface area contributed by atoms with Gasteiger partial charge in [0, 0.05) is 6.04 Å². The summed E-state index contributed by atoms with van der Waals surface area (Å²) >= 11 is 0. The number of esters is 1. The fourth-order valence-corrected chi connectivity index (χ4v) is 1.71. The summed E-state index contributed by atoms with van der Waals surface area (Å²) in [4.78, 5) is 11.4. The van der Waals surface area contributed by atoms with E-state index < -0.39 is 0 Å². The van der Waals surface area contributed by atoms with Gasteiger partial charge in [-0.1, -0.05) is 29.8 Å². The van der Waals surface area contributed by atoms with Crippen LogP contribution in [0.5, 0.6) is 0 Å². The third-order valence-corrected chi connectivity index (χ3v) is 2.73. The van der Waals surface area contributed by atoms with Crippen LogP contribution in [0, 0.1) is 6.92 Å². The van der Waals surface area contributed by atoms with Crippen LogP contribution in [0.15, 0.2) is 24.3 Å². The van der Waals surface area contributed by atoms with Crippen molar-refractivity contribution in [1.29, 1.82) is 0 Å². The molecule has 1 N–H and O–H groups in total. The molecule has 0 saturated carbocycles. The van der Waals surface area contributed by atoms with Gasteiger partial charge in [0.05, 0.1) is 13.0 Å². The molecular weight excluding hydrogens is 214 g/mol. The van der Waals surface area contributed by atoms with Gasteiger partial charge in [-0.3, -0.25) is 4.79 Å². The first kappa shape index (κ1) is 13.7. The summed E-state index contributed by atoms with van der Waals surface area (Å²) < 4.78 is 4.95. The van der Waals surface area contributed by atoms with Crippen LogP contribution < -0.4 is 5.32 Å². The Labute approximate surface area is 103 Å². The second kappa shape index (κ2) is 7.07. The summed E-state index contributed by atoms with van der Waals surface area (Å²) in [7, 11) is 1.87. The highest BCUT2D eigenvalue weighted by Crippen LogP contribution is 2.08. The zero-order chi connectivity index (χ0) is 12.7. The lowest BCUT2D eigenvalue weighted by Crippen LogP contribution is -2.31. The summed E-state index contributed by atoms with van der Waals surface area (Å²) in [6, 6.07) is 8.52. The predicted molar refractivity (Wildman–Crippen MR) is 69.0 cm³/mol. The van der Waals surface area contributed by atoms with E-state index in [1.54, 1.807) is 0 Å². The number of rotatable bonds is 6. The number of carbonyl (C=O) groups excluding carboxylic acids is 1. The number of nitrogens with one attached hydrogen (secondary N) is 1. The highest BCUT2D eigenvalue weighted by molar-refractivity contribution is 5.70. The van der Waals surface area contributed by atoms with Crippen LogP contribution in [0.25, 0.3) is 0 Å². The smallest absolute Gasteiger partial charge is 0.307 e. The zero-order valence-electron chi connectivity index (χ0n) is 10.8. The fourth-order valence-electron chi connectivity index (χ4n) is 1.71. The Hall–Kier alpha value is -1.35. The molecule has 0 aromatic heterocycles. The number of benzene rings is 1. The molecule has 17 heavy (non-hydrogen) atoms. The number of carbonyl (C=O) groups is 1. The first-order valence-corrected chi connectivity index (χ1v) is 6.04. The van der Waals surface area contributed by atoms with Gasteiger partial charge in [0.25, 0.3) is 0 Å². The first-order valence-electron chi connectivity index (χ1n) is 6.04. The summed E-state index contributed by atoms with van der Waals surface area (Å²) in [5.74, 6) is -0.140. The molecule has 1 atom stereocenters. The number of hydrogen-bond donors (Lipinski definition) is 1. The number of aryl methyl sites for hydroxylation is 1. The number of likely N-dealkylation sites (N-methyl/N-ethyl adjacent to an activating group) is 1. The van der Waals surface area contributed by atoms with E-state index >= 15 is 0 Å². The Kier molecular flexibility index (Phi) is 5.70. The van der Waals surface area contributed by atoms with E-state index in [9.17, 15) is 4.79 Å². The Morgan fingerprint density at radius 2 is 2.00 bits per heavy atom. The second-order valence-corrected chi connectivity index (χ2v) is 4.18. The Balaban J connectivity index is 2.51. The van der Waals surface area contributed by atoms with Crippen molar-refractivity contribution in [3.63, 3.8) is 0 Å². The van der Waals surface area contributed by atoms with Crippen LogP contribution >= 0.6 is 0 Å². The van der Waals surface area contributed by atoms with Gasteiger partial charge in [-0.25, -0.2) is 0 Å². The van der Waals surface area contributed by atoms with Gasteiger partial charge in [-0.05, 0) is 32.9 Å². The summed E-state index contributed by atoms with van der Waals surface area (Å²) in [6.07, 6.45) is 1.26. The molecule has 0 aliphatic rings. The number of hydrogen-bond acceptors (Lipinski definition) is 3. The van der Waals surface area contributed by atoms with Gasteiger partial charge < -0.3 is 10.1 Å². The lowest BCUT2D eigenvalue weighted by Gasteiger charge is -2.15. The van der Waals surface area contributed by atoms with E-state index in [4.69, 9.17) is 4.74 Å². The lowest BCUT2D eigenvalue weighted by atomic mass is 10.0. The molecule has 1 unspecified atom stereocenters. The van der Waals surface area contributed by atoms with Crippen molar-refractivity contribution >= 4 is 5.97 Å². The van der Waals surface area contributed by atoms with Gasteiger partial charge in [-0.15, -0.1) is 0 Å². The molecule has 94 valence electrons. The molecule has 0 aliphatic carbocycles. The van der Waals surface area contributed by atoms with Gasteiger partial charge in [-0.2, -0.15) is 0 Å². The van der Waals surface area contributed by atoms with Crippen LogP contribution in [0.3, 0.4) is 0 Å². The topological polar surface area (TPSA) is 38.3 Å². The van der Waals surface area contributed by atoms with Crippen molar-refractivity contribution in [3.8, 4) is 0 Å². The van der Waals surface area contributed by atoms with Crippen molar-refractivity contribution in [1.82, 2.24) is 5.32 Å². The average molecular weight is 235 g/mol. The maximum absolute atomic E-state index is 11.4. The maximum atomic E-state index is 11.4. The average Bonchev–Trinajstić information content (AvgIpc) is 2.31. The highest BCUT2D eigenvalue weighted by atomic mass is 16.5. The fraction of sp³-hybridized carbons (Fsp3) is 0.500. The van der Waals surface area contributed by atoms with E-state index in [0.29, 0.717) is 13.0 Å². The maximum Gasteiger partial charge on any atom is 0.307 e. The van der Waals surface area contributed by atoms with Crippen molar-refractivity contribution in [2.24, 2.45) is 0 Å². The van der Waals surface area contributed by atoms with Crippen LogP contribution in [0.2, 0.25) is 0 Å². The molecule has 1 aromatic rings. The minimum Gasteiger partial charge on any atom is -0.466 e. The van der Waals surface area contributed by atoms with Crippen LogP contribution in [-0.4, -0.2) is 25.7 Å². The number of ether oxygens (including phenoxy) is 1. The molecule has 0 amide bonds. The summed E-state index contributed by atoms with van der Waals surface area (Å²) in [5.41, 5.74) is 2.49. The van der Waals surface area contributed by atoms with Crippen molar-refractivity contribution < 1.29 is 9.53 Å². The SMILES string of the molecule is CCOC(=O)CC(Cc1ccc(C)cc1)NC. The molecule has 0 saturated heterocycles. The zero-order valence-corrected chi connectivity index (χ0v) is 10.8. The second-order valence-electron chi connectivity index (χ2n) is 4.18. The highest BCUT2D eigenvalue weighted by Gasteiger charge is 2.13. The van der Waals surface area contributed by atoms with E-state index in [0.717, 1.165) is 6.42 Å². The molecule has 3 nitrogen and oxygen atoms in total. The van der Waals surface area contributed by atoms with E-state index in [1.165, 1.54) is 11.1 Å².